The van der Waals surface area contributed by atoms with Crippen LogP contribution in [0.25, 0.3) is 11.1 Å². The zero-order chi connectivity index (χ0) is 25.3. The number of hydrogen-bond acceptors (Lipinski definition) is 3. The molecule has 3 aromatic carbocycles. The van der Waals surface area contributed by atoms with E-state index in [0.29, 0.717) is 28.3 Å². The quantitative estimate of drug-likeness (QED) is 0.256. The Morgan fingerprint density at radius 2 is 1.56 bits per heavy atom. The Kier molecular flexibility index (Phi) is 9.51. The number of methoxy groups -OCH3 is 1. The number of carbonyl (C=O) groups is 1. The third-order valence-corrected chi connectivity index (χ3v) is 7.15. The molecule has 0 aromatic heterocycles. The second-order valence-electron chi connectivity index (χ2n) is 9.26. The van der Waals surface area contributed by atoms with Gasteiger partial charge in [-0.1, -0.05) is 72.4 Å². The molecular formula is C29H33Cl2N3O2. The molecule has 1 aliphatic rings. The minimum Gasteiger partial charge on any atom is -0.497 e. The second-order valence-corrected chi connectivity index (χ2v) is 10.1. The monoisotopic (exact) mass is 525 g/mol. The average Bonchev–Trinajstić information content (AvgIpc) is 3.39. The van der Waals surface area contributed by atoms with E-state index in [0.717, 1.165) is 29.8 Å². The van der Waals surface area contributed by atoms with Crippen molar-refractivity contribution in [3.63, 3.8) is 0 Å². The Balaban J connectivity index is 1.40. The highest BCUT2D eigenvalue weighted by Crippen LogP contribution is 2.27. The van der Waals surface area contributed by atoms with Crippen LogP contribution in [0.15, 0.2) is 66.7 Å². The lowest BCUT2D eigenvalue weighted by Gasteiger charge is -2.21. The minimum absolute atomic E-state index is 0.178. The van der Waals surface area contributed by atoms with Crippen molar-refractivity contribution in [2.75, 3.05) is 25.5 Å². The number of nitrogens with one attached hydrogen (secondary N) is 3. The first-order valence-electron chi connectivity index (χ1n) is 12.5. The standard InChI is InChI=1S/C29H33Cl2N3O2/c1-36-28-12-10-21(11-13-28)20-6-8-22(9-7-20)23(14-15-32-26-4-2-3-5-26)19-33-29(35)34-27-17-24(30)16-25(31)18-27/h6-13,16-18,23,26,32H,2-5,14-15,19H2,1H3,(H2,33,34,35). The van der Waals surface area contributed by atoms with Gasteiger partial charge in [-0.05, 0) is 72.8 Å². The Bertz CT molecular complexity index is 1110. The summed E-state index contributed by atoms with van der Waals surface area (Å²) in [5.74, 6) is 1.02. The first-order chi connectivity index (χ1) is 17.5. The summed E-state index contributed by atoms with van der Waals surface area (Å²) >= 11 is 12.1. The number of amides is 2. The first-order valence-corrected chi connectivity index (χ1v) is 13.2. The molecule has 4 rings (SSSR count). The van der Waals surface area contributed by atoms with E-state index in [1.807, 2.05) is 12.1 Å². The lowest BCUT2D eigenvalue weighted by molar-refractivity contribution is 0.251. The van der Waals surface area contributed by atoms with Crippen LogP contribution in [0.4, 0.5) is 10.5 Å². The molecule has 0 bridgehead atoms. The van der Waals surface area contributed by atoms with Crippen LogP contribution in [-0.2, 0) is 0 Å². The highest BCUT2D eigenvalue weighted by molar-refractivity contribution is 6.35. The molecule has 1 aliphatic carbocycles. The SMILES string of the molecule is COc1ccc(-c2ccc(C(CCNC3CCCC3)CNC(=O)Nc3cc(Cl)cc(Cl)c3)cc2)cc1. The number of rotatable bonds is 10. The predicted molar refractivity (Wildman–Crippen MR) is 150 cm³/mol. The van der Waals surface area contributed by atoms with Crippen LogP contribution in [0.5, 0.6) is 5.75 Å². The zero-order valence-corrected chi connectivity index (χ0v) is 22.0. The van der Waals surface area contributed by atoms with E-state index >= 15 is 0 Å². The van der Waals surface area contributed by atoms with Crippen molar-refractivity contribution < 1.29 is 9.53 Å². The maximum absolute atomic E-state index is 12.6. The molecular weight excluding hydrogens is 493 g/mol. The minimum atomic E-state index is -0.281. The summed E-state index contributed by atoms with van der Waals surface area (Å²) in [6.07, 6.45) is 6.06. The largest absolute Gasteiger partial charge is 0.497 e. The third-order valence-electron chi connectivity index (χ3n) is 6.72. The van der Waals surface area contributed by atoms with Crippen LogP contribution < -0.4 is 20.7 Å². The molecule has 5 nitrogen and oxygen atoms in total. The molecule has 0 saturated heterocycles. The fourth-order valence-electron chi connectivity index (χ4n) is 4.73. The van der Waals surface area contributed by atoms with E-state index < -0.39 is 0 Å². The van der Waals surface area contributed by atoms with E-state index in [9.17, 15) is 4.79 Å². The summed E-state index contributed by atoms with van der Waals surface area (Å²) in [5, 5.41) is 10.5. The molecule has 7 heteroatoms. The van der Waals surface area contributed by atoms with Gasteiger partial charge in [0.25, 0.3) is 0 Å². The van der Waals surface area contributed by atoms with Crippen molar-refractivity contribution in [1.82, 2.24) is 10.6 Å². The van der Waals surface area contributed by atoms with Gasteiger partial charge in [0.15, 0.2) is 0 Å². The Labute approximate surface area is 223 Å². The fourth-order valence-corrected chi connectivity index (χ4v) is 5.25. The lowest BCUT2D eigenvalue weighted by Crippen LogP contribution is -2.34. The summed E-state index contributed by atoms with van der Waals surface area (Å²) in [5.41, 5.74) is 4.05. The van der Waals surface area contributed by atoms with Gasteiger partial charge in [0.05, 0.1) is 7.11 Å². The van der Waals surface area contributed by atoms with Crippen LogP contribution in [-0.4, -0.2) is 32.3 Å². The predicted octanol–water partition coefficient (Wildman–Crippen LogP) is 7.50. The second kappa shape index (κ2) is 13.0. The molecule has 1 unspecified atom stereocenters. The molecule has 190 valence electrons. The van der Waals surface area contributed by atoms with E-state index in [4.69, 9.17) is 27.9 Å². The van der Waals surface area contributed by atoms with Gasteiger partial charge in [-0.3, -0.25) is 0 Å². The summed E-state index contributed by atoms with van der Waals surface area (Å²) in [6, 6.07) is 22.0. The number of ether oxygens (including phenoxy) is 1. The normalized spacial score (nSPS) is 14.4. The van der Waals surface area contributed by atoms with Crippen molar-refractivity contribution in [1.29, 1.82) is 0 Å². The van der Waals surface area contributed by atoms with Crippen LogP contribution in [0.2, 0.25) is 10.0 Å². The molecule has 0 heterocycles. The molecule has 3 aromatic rings. The maximum Gasteiger partial charge on any atom is 0.319 e. The molecule has 3 N–H and O–H groups in total. The molecule has 0 aliphatic heterocycles. The zero-order valence-electron chi connectivity index (χ0n) is 20.5. The Hall–Kier alpha value is -2.73. The van der Waals surface area contributed by atoms with E-state index in [1.165, 1.54) is 31.2 Å². The number of urea groups is 1. The summed E-state index contributed by atoms with van der Waals surface area (Å²) in [7, 11) is 1.67. The van der Waals surface area contributed by atoms with E-state index in [1.54, 1.807) is 25.3 Å². The summed E-state index contributed by atoms with van der Waals surface area (Å²) in [6.45, 7) is 1.44. The van der Waals surface area contributed by atoms with Gasteiger partial charge in [-0.2, -0.15) is 0 Å². The van der Waals surface area contributed by atoms with Gasteiger partial charge < -0.3 is 20.7 Å². The molecule has 1 saturated carbocycles. The van der Waals surface area contributed by atoms with E-state index in [-0.39, 0.29) is 11.9 Å². The number of benzene rings is 3. The molecule has 1 fully saturated rings. The van der Waals surface area contributed by atoms with Crippen LogP contribution in [0.1, 0.15) is 43.6 Å². The van der Waals surface area contributed by atoms with Crippen LogP contribution >= 0.6 is 23.2 Å². The van der Waals surface area contributed by atoms with Gasteiger partial charge in [0.2, 0.25) is 0 Å². The first kappa shape index (κ1) is 26.3. The van der Waals surface area contributed by atoms with E-state index in [2.05, 4.69) is 52.3 Å². The number of hydrogen-bond donors (Lipinski definition) is 3. The number of halogens is 2. The molecule has 2 amide bonds. The Morgan fingerprint density at radius 1 is 0.944 bits per heavy atom. The van der Waals surface area contributed by atoms with Crippen molar-refractivity contribution in [2.45, 2.75) is 44.1 Å². The fraction of sp³-hybridized carbons (Fsp3) is 0.345. The van der Waals surface area contributed by atoms with Crippen molar-refractivity contribution >= 4 is 34.9 Å². The third kappa shape index (κ3) is 7.63. The van der Waals surface area contributed by atoms with Crippen LogP contribution in [0.3, 0.4) is 0 Å². The number of carbonyl (C=O) groups excluding carboxylic acids is 1. The molecule has 36 heavy (non-hydrogen) atoms. The van der Waals surface area contributed by atoms with Gasteiger partial charge in [0.1, 0.15) is 5.75 Å². The van der Waals surface area contributed by atoms with Crippen molar-refractivity contribution in [3.05, 3.63) is 82.3 Å². The highest BCUT2D eigenvalue weighted by atomic mass is 35.5. The highest BCUT2D eigenvalue weighted by Gasteiger charge is 2.17. The van der Waals surface area contributed by atoms with Gasteiger partial charge in [-0.15, -0.1) is 0 Å². The smallest absolute Gasteiger partial charge is 0.319 e. The Morgan fingerprint density at radius 3 is 2.17 bits per heavy atom. The van der Waals surface area contributed by atoms with Gasteiger partial charge in [-0.25, -0.2) is 4.79 Å². The molecule has 0 spiro atoms. The summed E-state index contributed by atoms with van der Waals surface area (Å²) in [4.78, 5) is 12.6. The average molecular weight is 527 g/mol. The maximum atomic E-state index is 12.6. The van der Waals surface area contributed by atoms with Crippen LogP contribution in [0, 0.1) is 0 Å². The van der Waals surface area contributed by atoms with Crippen molar-refractivity contribution in [2.24, 2.45) is 0 Å². The summed E-state index contributed by atoms with van der Waals surface area (Å²) < 4.78 is 5.27. The van der Waals surface area contributed by atoms with Crippen molar-refractivity contribution in [3.8, 4) is 16.9 Å². The molecule has 1 atom stereocenters. The molecule has 0 radical (unpaired) electrons. The lowest BCUT2D eigenvalue weighted by atomic mass is 9.93. The van der Waals surface area contributed by atoms with Gasteiger partial charge in [0, 0.05) is 34.2 Å². The number of anilines is 1. The topological polar surface area (TPSA) is 62.4 Å². The van der Waals surface area contributed by atoms with Gasteiger partial charge >= 0.3 is 6.03 Å².